The largest absolute Gasteiger partial charge is 0.441 e. The van der Waals surface area contributed by atoms with Crippen LogP contribution < -0.4 is 5.69 Å². The van der Waals surface area contributed by atoms with E-state index in [0.717, 1.165) is 22.4 Å². The number of halogens is 1. The number of aryl methyl sites for hydroxylation is 2. The van der Waals surface area contributed by atoms with Gasteiger partial charge in [-0.3, -0.25) is 4.98 Å². The highest BCUT2D eigenvalue weighted by Gasteiger charge is 2.29. The highest BCUT2D eigenvalue weighted by Crippen LogP contribution is 2.39. The zero-order valence-electron chi connectivity index (χ0n) is 13.5. The van der Waals surface area contributed by atoms with Gasteiger partial charge >= 0.3 is 5.69 Å². The number of aromatic amines is 1. The van der Waals surface area contributed by atoms with Crippen LogP contribution in [0.25, 0.3) is 12.2 Å². The summed E-state index contributed by atoms with van der Waals surface area (Å²) < 4.78 is 7.62. The molecule has 0 saturated heterocycles. The van der Waals surface area contributed by atoms with Crippen molar-refractivity contribution in [3.05, 3.63) is 78.6 Å². The van der Waals surface area contributed by atoms with E-state index < -0.39 is 0 Å². The molecule has 0 fully saturated rings. The van der Waals surface area contributed by atoms with Crippen molar-refractivity contribution in [2.45, 2.75) is 12.8 Å². The summed E-state index contributed by atoms with van der Waals surface area (Å²) in [5.41, 5.74) is 3.28. The lowest BCUT2D eigenvalue weighted by atomic mass is 9.87. The van der Waals surface area contributed by atoms with Crippen LogP contribution in [-0.4, -0.2) is 14.5 Å². The topological polar surface area (TPSA) is 63.8 Å². The van der Waals surface area contributed by atoms with Crippen LogP contribution in [0.15, 0.2) is 33.6 Å². The number of oxazole rings is 1. The number of hydrogen-bond acceptors (Lipinski definition) is 4. The Balaban J connectivity index is 2.07. The third kappa shape index (κ3) is 2.67. The minimum absolute atomic E-state index is 0.256. The van der Waals surface area contributed by atoms with E-state index in [1.165, 1.54) is 4.57 Å². The number of benzene rings is 1. The van der Waals surface area contributed by atoms with Gasteiger partial charge in [0.2, 0.25) is 0 Å². The summed E-state index contributed by atoms with van der Waals surface area (Å²) in [5.74, 6) is 1.00. The third-order valence-corrected chi connectivity index (χ3v) is 4.86. The molecule has 0 aliphatic heterocycles. The summed E-state index contributed by atoms with van der Waals surface area (Å²) in [6.07, 6.45) is 5.60. The molecule has 0 amide bonds. The van der Waals surface area contributed by atoms with Gasteiger partial charge in [0.15, 0.2) is 11.7 Å². The Kier molecular flexibility index (Phi) is 3.74. The fourth-order valence-electron chi connectivity index (χ4n) is 3.15. The van der Waals surface area contributed by atoms with E-state index in [1.54, 1.807) is 13.2 Å². The summed E-state index contributed by atoms with van der Waals surface area (Å²) >= 11 is 11.6. The molecular weight excluding hydrogens is 358 g/mol. The van der Waals surface area contributed by atoms with Gasteiger partial charge in [-0.25, -0.2) is 9.78 Å². The molecule has 1 aliphatic carbocycles. The van der Waals surface area contributed by atoms with E-state index >= 15 is 0 Å². The average molecular weight is 372 g/mol. The summed E-state index contributed by atoms with van der Waals surface area (Å²) in [6, 6.07) is 5.70. The molecule has 126 valence electrons. The number of nitrogens with zero attached hydrogens (tertiary/aromatic N) is 2. The van der Waals surface area contributed by atoms with Crippen molar-refractivity contribution in [1.82, 2.24) is 14.5 Å². The first kappa shape index (κ1) is 16.1. The summed E-state index contributed by atoms with van der Waals surface area (Å²) in [4.78, 5) is 19.2. The minimum atomic E-state index is -0.259. The summed E-state index contributed by atoms with van der Waals surface area (Å²) in [6.45, 7) is 1.81. The summed E-state index contributed by atoms with van der Waals surface area (Å²) in [5, 5.41) is 0.649. The standard InChI is InChI=1S/C18H14ClN3O2S/c1-9-20-16-14(24-9)6-3-10-7-11(19)4-5-12(10)15(16)13-8-22(2)18(23)21-17(13)25/h3-8,15H,1-2H3,(H,21,23,25). The van der Waals surface area contributed by atoms with Crippen LogP contribution in [0.1, 0.15) is 40.0 Å². The molecule has 1 aromatic carbocycles. The van der Waals surface area contributed by atoms with E-state index in [2.05, 4.69) is 9.97 Å². The van der Waals surface area contributed by atoms with Crippen LogP contribution in [-0.2, 0) is 7.05 Å². The van der Waals surface area contributed by atoms with Crippen LogP contribution in [0, 0.1) is 11.6 Å². The first-order chi connectivity index (χ1) is 11.9. The van der Waals surface area contributed by atoms with Gasteiger partial charge in [-0.2, -0.15) is 0 Å². The predicted molar refractivity (Wildman–Crippen MR) is 99.4 cm³/mol. The first-order valence-electron chi connectivity index (χ1n) is 7.69. The quantitative estimate of drug-likeness (QED) is 0.512. The molecule has 25 heavy (non-hydrogen) atoms. The number of fused-ring (bicyclic) bond motifs is 2. The third-order valence-electron chi connectivity index (χ3n) is 4.28. The molecule has 0 bridgehead atoms. The molecule has 0 saturated carbocycles. The smallest absolute Gasteiger partial charge is 0.326 e. The molecule has 1 N–H and O–H groups in total. The molecular formula is C18H14ClN3O2S. The van der Waals surface area contributed by atoms with Crippen LogP contribution in [0.5, 0.6) is 0 Å². The van der Waals surface area contributed by atoms with Crippen molar-refractivity contribution in [3.8, 4) is 0 Å². The van der Waals surface area contributed by atoms with Crippen molar-refractivity contribution < 1.29 is 4.42 Å². The van der Waals surface area contributed by atoms with Crippen molar-refractivity contribution in [2.75, 3.05) is 0 Å². The molecule has 7 heteroatoms. The van der Waals surface area contributed by atoms with Gasteiger partial charge < -0.3 is 8.98 Å². The SMILES string of the molecule is Cc1nc2c(o1)C=Cc1cc(Cl)ccc1C2c1cn(C)c(=O)[nH]c1=S. The molecule has 1 aliphatic rings. The van der Waals surface area contributed by atoms with Gasteiger partial charge in [-0.1, -0.05) is 36.0 Å². The lowest BCUT2D eigenvalue weighted by Crippen LogP contribution is -2.22. The molecule has 0 spiro atoms. The Labute approximate surface area is 153 Å². The number of rotatable bonds is 1. The lowest BCUT2D eigenvalue weighted by molar-refractivity contribution is 0.512. The second-order valence-corrected chi connectivity index (χ2v) is 6.82. The Hall–Kier alpha value is -2.44. The maximum atomic E-state index is 11.9. The van der Waals surface area contributed by atoms with Gasteiger partial charge in [0.25, 0.3) is 0 Å². The second kappa shape index (κ2) is 5.82. The molecule has 3 aromatic rings. The predicted octanol–water partition coefficient (Wildman–Crippen LogP) is 4.06. The average Bonchev–Trinajstić information content (AvgIpc) is 2.86. The Morgan fingerprint density at radius 3 is 2.92 bits per heavy atom. The monoisotopic (exact) mass is 371 g/mol. The maximum absolute atomic E-state index is 11.9. The van der Waals surface area contributed by atoms with E-state index in [0.29, 0.717) is 21.3 Å². The van der Waals surface area contributed by atoms with Gasteiger partial charge in [-0.15, -0.1) is 0 Å². The molecule has 2 heterocycles. The molecule has 4 rings (SSSR count). The summed E-state index contributed by atoms with van der Waals surface area (Å²) in [7, 11) is 1.68. The highest BCUT2D eigenvalue weighted by atomic mass is 35.5. The van der Waals surface area contributed by atoms with Gasteiger partial charge in [0.1, 0.15) is 4.64 Å². The molecule has 1 unspecified atom stereocenters. The van der Waals surface area contributed by atoms with E-state index in [4.69, 9.17) is 28.2 Å². The fraction of sp³-hybridized carbons (Fsp3) is 0.167. The van der Waals surface area contributed by atoms with E-state index in [1.807, 2.05) is 37.3 Å². The Bertz CT molecular complexity index is 1140. The lowest BCUT2D eigenvalue weighted by Gasteiger charge is -2.18. The zero-order valence-corrected chi connectivity index (χ0v) is 15.1. The zero-order chi connectivity index (χ0) is 17.7. The molecule has 0 radical (unpaired) electrons. The van der Waals surface area contributed by atoms with Crippen LogP contribution >= 0.6 is 23.8 Å². The van der Waals surface area contributed by atoms with Crippen molar-refractivity contribution in [1.29, 1.82) is 0 Å². The molecule has 5 nitrogen and oxygen atoms in total. The van der Waals surface area contributed by atoms with Crippen LogP contribution in [0.3, 0.4) is 0 Å². The van der Waals surface area contributed by atoms with E-state index in [9.17, 15) is 4.79 Å². The minimum Gasteiger partial charge on any atom is -0.441 e. The number of hydrogen-bond donors (Lipinski definition) is 1. The van der Waals surface area contributed by atoms with Crippen molar-refractivity contribution in [3.63, 3.8) is 0 Å². The Morgan fingerprint density at radius 1 is 1.32 bits per heavy atom. The number of aromatic nitrogens is 3. The Morgan fingerprint density at radius 2 is 2.12 bits per heavy atom. The second-order valence-electron chi connectivity index (χ2n) is 5.98. The van der Waals surface area contributed by atoms with Crippen molar-refractivity contribution >= 4 is 36.0 Å². The van der Waals surface area contributed by atoms with Gasteiger partial charge in [0.05, 0.1) is 11.6 Å². The molecule has 1 atom stereocenters. The normalized spacial score (nSPS) is 15.6. The van der Waals surface area contributed by atoms with Gasteiger partial charge in [-0.05, 0) is 29.3 Å². The van der Waals surface area contributed by atoms with Crippen molar-refractivity contribution in [2.24, 2.45) is 7.05 Å². The van der Waals surface area contributed by atoms with Gasteiger partial charge in [0, 0.05) is 30.8 Å². The van der Waals surface area contributed by atoms with Crippen LogP contribution in [0.4, 0.5) is 0 Å². The van der Waals surface area contributed by atoms with E-state index in [-0.39, 0.29) is 11.6 Å². The number of nitrogens with one attached hydrogen (secondary N) is 1. The highest BCUT2D eigenvalue weighted by molar-refractivity contribution is 7.71. The van der Waals surface area contributed by atoms with Crippen LogP contribution in [0.2, 0.25) is 5.02 Å². The molecule has 2 aromatic heterocycles. The fourth-order valence-corrected chi connectivity index (χ4v) is 3.59. The maximum Gasteiger partial charge on any atom is 0.326 e. The number of H-pyrrole nitrogens is 1. The first-order valence-corrected chi connectivity index (χ1v) is 8.47.